The van der Waals surface area contributed by atoms with Crippen molar-refractivity contribution < 1.29 is 13.2 Å². The predicted octanol–water partition coefficient (Wildman–Crippen LogP) is 7.84. The molecule has 136 valence electrons. The van der Waals surface area contributed by atoms with E-state index in [1.165, 1.54) is 38.5 Å². The minimum atomic E-state index is -3.51. The first-order chi connectivity index (χ1) is 10.7. The van der Waals surface area contributed by atoms with Crippen LogP contribution in [0.1, 0.15) is 77.6 Å². The Kier molecular flexibility index (Phi) is 7.35. The van der Waals surface area contributed by atoms with E-state index in [0.717, 1.165) is 43.4 Å². The summed E-state index contributed by atoms with van der Waals surface area (Å²) < 4.78 is 37.9. The van der Waals surface area contributed by atoms with Crippen molar-refractivity contribution in [1.29, 1.82) is 0 Å². The van der Waals surface area contributed by atoms with Gasteiger partial charge in [0.25, 0.3) is 0 Å². The molecule has 2 aliphatic carbocycles. The Balaban J connectivity index is 1.74. The Morgan fingerprint density at radius 1 is 0.783 bits per heavy atom. The van der Waals surface area contributed by atoms with E-state index in [9.17, 15) is 13.2 Å². The molecule has 0 radical (unpaired) electrons. The zero-order valence-electron chi connectivity index (χ0n) is 14.0. The van der Waals surface area contributed by atoms with Crippen molar-refractivity contribution in [1.82, 2.24) is 0 Å². The fourth-order valence-corrected chi connectivity index (χ4v) is 5.32. The van der Waals surface area contributed by atoms with Crippen molar-refractivity contribution >= 4 is 31.9 Å². The van der Waals surface area contributed by atoms with Gasteiger partial charge in [0.05, 0.1) is 0 Å². The van der Waals surface area contributed by atoms with E-state index >= 15 is 0 Å². The van der Waals surface area contributed by atoms with Gasteiger partial charge in [-0.1, -0.05) is 45.4 Å². The molecule has 23 heavy (non-hydrogen) atoms. The summed E-state index contributed by atoms with van der Waals surface area (Å²) in [5, 5.41) is 0. The van der Waals surface area contributed by atoms with E-state index in [1.54, 1.807) is 0 Å². The fraction of sp³-hybridized carbons (Fsp3) is 1.00. The van der Waals surface area contributed by atoms with Crippen LogP contribution in [0.25, 0.3) is 0 Å². The van der Waals surface area contributed by atoms with Crippen LogP contribution in [0.4, 0.5) is 13.2 Å². The third kappa shape index (κ3) is 5.62. The van der Waals surface area contributed by atoms with Crippen molar-refractivity contribution in [2.45, 2.75) is 87.0 Å². The van der Waals surface area contributed by atoms with Gasteiger partial charge in [-0.2, -0.15) is 8.78 Å². The second-order valence-corrected chi connectivity index (χ2v) is 10.0. The molecule has 0 aromatic carbocycles. The third-order valence-electron chi connectivity index (χ3n) is 6.11. The standard InChI is InChI=1S/C18H29Br2F3/c1-2-3-13-4-8-15(9-5-13)16-10-6-14(7-11-16)12-17(19,21)18(20,22)23/h13-16H,2-12H2,1H3. The molecule has 0 saturated heterocycles. The molecule has 0 spiro atoms. The lowest BCUT2D eigenvalue weighted by Gasteiger charge is -2.39. The van der Waals surface area contributed by atoms with Gasteiger partial charge >= 0.3 is 4.83 Å². The summed E-state index contributed by atoms with van der Waals surface area (Å²) in [5.41, 5.74) is 0. The van der Waals surface area contributed by atoms with Gasteiger partial charge in [0.1, 0.15) is 0 Å². The van der Waals surface area contributed by atoms with E-state index < -0.39 is 9.41 Å². The SMILES string of the molecule is CCCC1CCC(C2CCC(CC(F)(Br)C(F)(F)Br)CC2)CC1. The maximum atomic E-state index is 14.1. The summed E-state index contributed by atoms with van der Waals surface area (Å²) in [6.07, 6.45) is 11.9. The monoisotopic (exact) mass is 460 g/mol. The van der Waals surface area contributed by atoms with Crippen LogP contribution < -0.4 is 0 Å². The zero-order valence-corrected chi connectivity index (χ0v) is 17.1. The first-order valence-electron chi connectivity index (χ1n) is 9.17. The van der Waals surface area contributed by atoms with Crippen LogP contribution in [0.15, 0.2) is 0 Å². The summed E-state index contributed by atoms with van der Waals surface area (Å²) in [5.74, 6) is 2.55. The summed E-state index contributed by atoms with van der Waals surface area (Å²) in [7, 11) is 0. The van der Waals surface area contributed by atoms with Gasteiger partial charge in [-0.25, -0.2) is 4.39 Å². The zero-order chi connectivity index (χ0) is 17.1. The molecule has 0 aliphatic heterocycles. The van der Waals surface area contributed by atoms with Crippen LogP contribution >= 0.6 is 31.9 Å². The molecule has 0 heterocycles. The normalized spacial score (nSPS) is 35.7. The van der Waals surface area contributed by atoms with Crippen molar-refractivity contribution in [2.24, 2.45) is 23.7 Å². The number of hydrogen-bond donors (Lipinski definition) is 0. The van der Waals surface area contributed by atoms with E-state index in [1.807, 2.05) is 0 Å². The molecule has 2 aliphatic rings. The lowest BCUT2D eigenvalue weighted by molar-refractivity contribution is -0.0133. The summed E-state index contributed by atoms with van der Waals surface area (Å²) >= 11 is 4.75. The van der Waals surface area contributed by atoms with Gasteiger partial charge in [-0.15, -0.1) is 0 Å². The van der Waals surface area contributed by atoms with Crippen molar-refractivity contribution in [2.75, 3.05) is 0 Å². The third-order valence-corrected chi connectivity index (χ3v) is 8.09. The Hall–Kier alpha value is 0.750. The molecular formula is C18H29Br2F3. The molecule has 0 N–H and O–H groups in total. The Morgan fingerprint density at radius 2 is 1.22 bits per heavy atom. The molecule has 1 atom stereocenters. The predicted molar refractivity (Wildman–Crippen MR) is 97.1 cm³/mol. The minimum absolute atomic E-state index is 0.0653. The summed E-state index contributed by atoms with van der Waals surface area (Å²) in [6.45, 7) is 2.26. The van der Waals surface area contributed by atoms with Gasteiger partial charge in [-0.3, -0.25) is 0 Å². The highest BCUT2D eigenvalue weighted by molar-refractivity contribution is 9.12. The average molecular weight is 462 g/mol. The summed E-state index contributed by atoms with van der Waals surface area (Å²) in [6, 6.07) is 0. The highest BCUT2D eigenvalue weighted by atomic mass is 79.9. The fourth-order valence-electron chi connectivity index (χ4n) is 4.70. The van der Waals surface area contributed by atoms with Gasteiger partial charge in [-0.05, 0) is 81.2 Å². The first kappa shape index (κ1) is 20.1. The summed E-state index contributed by atoms with van der Waals surface area (Å²) in [4.78, 5) is -3.51. The molecule has 2 rings (SSSR count). The van der Waals surface area contributed by atoms with Gasteiger partial charge < -0.3 is 0 Å². The van der Waals surface area contributed by atoms with E-state index in [4.69, 9.17) is 0 Å². The lowest BCUT2D eigenvalue weighted by atomic mass is 9.68. The van der Waals surface area contributed by atoms with Crippen LogP contribution in [-0.2, 0) is 0 Å². The number of rotatable bonds is 6. The van der Waals surface area contributed by atoms with Crippen LogP contribution in [-0.4, -0.2) is 9.41 Å². The molecule has 0 amide bonds. The van der Waals surface area contributed by atoms with Crippen LogP contribution in [0.5, 0.6) is 0 Å². The first-order valence-corrected chi connectivity index (χ1v) is 10.8. The smallest absolute Gasteiger partial charge is 0.224 e. The molecule has 0 aromatic rings. The average Bonchev–Trinajstić information content (AvgIpc) is 2.48. The second-order valence-electron chi connectivity index (χ2n) is 7.76. The highest BCUT2D eigenvalue weighted by Crippen LogP contribution is 2.50. The number of alkyl halides is 5. The quantitative estimate of drug-likeness (QED) is 0.353. The topological polar surface area (TPSA) is 0 Å². The molecule has 0 nitrogen and oxygen atoms in total. The Labute approximate surface area is 155 Å². The molecule has 2 saturated carbocycles. The number of hydrogen-bond acceptors (Lipinski definition) is 0. The van der Waals surface area contributed by atoms with Gasteiger partial charge in [0.2, 0.25) is 4.58 Å². The van der Waals surface area contributed by atoms with E-state index in [0.29, 0.717) is 0 Å². The second kappa shape index (κ2) is 8.42. The molecule has 5 heteroatoms. The highest BCUT2D eigenvalue weighted by Gasteiger charge is 2.52. The van der Waals surface area contributed by atoms with Crippen molar-refractivity contribution in [3.63, 3.8) is 0 Å². The Bertz CT molecular complexity index is 352. The molecular weight excluding hydrogens is 433 g/mol. The lowest BCUT2D eigenvalue weighted by Crippen LogP contribution is -2.36. The molecule has 1 unspecified atom stereocenters. The molecule has 2 fully saturated rings. The van der Waals surface area contributed by atoms with Gasteiger partial charge in [0.15, 0.2) is 0 Å². The maximum absolute atomic E-state index is 14.1. The van der Waals surface area contributed by atoms with Crippen molar-refractivity contribution in [3.05, 3.63) is 0 Å². The number of halogens is 5. The molecule has 0 aromatic heterocycles. The van der Waals surface area contributed by atoms with E-state index in [-0.39, 0.29) is 12.3 Å². The minimum Gasteiger partial charge on any atom is -0.224 e. The van der Waals surface area contributed by atoms with Gasteiger partial charge in [0, 0.05) is 6.42 Å². The van der Waals surface area contributed by atoms with Crippen molar-refractivity contribution in [3.8, 4) is 0 Å². The molecule has 0 bridgehead atoms. The Morgan fingerprint density at radius 3 is 1.61 bits per heavy atom. The maximum Gasteiger partial charge on any atom is 0.344 e. The van der Waals surface area contributed by atoms with E-state index in [2.05, 4.69) is 38.8 Å². The van der Waals surface area contributed by atoms with Crippen LogP contribution in [0.3, 0.4) is 0 Å². The van der Waals surface area contributed by atoms with Crippen LogP contribution in [0.2, 0.25) is 0 Å². The van der Waals surface area contributed by atoms with Crippen LogP contribution in [0, 0.1) is 23.7 Å². The largest absolute Gasteiger partial charge is 0.344 e.